The molecule has 1 amide bonds. The van der Waals surface area contributed by atoms with Crippen LogP contribution in [0.4, 0.5) is 4.79 Å². The summed E-state index contributed by atoms with van der Waals surface area (Å²) in [7, 11) is 7.14. The smallest absolute Gasteiger partial charge is 0.411 e. The molecule has 3 rings (SSSR count). The van der Waals surface area contributed by atoms with Crippen molar-refractivity contribution in [2.45, 2.75) is 44.2 Å². The van der Waals surface area contributed by atoms with Crippen molar-refractivity contribution in [1.29, 1.82) is 0 Å². The number of thiophene rings is 1. The van der Waals surface area contributed by atoms with Gasteiger partial charge in [-0.05, 0) is 67.1 Å². The SMILES string of the molecule is CC1C(c2cc3c(SCl)ccnc3s2)=CCN1C(=O)OC(C)(C)C. The number of amides is 1. The number of hydrogen-bond acceptors (Lipinski definition) is 5. The minimum atomic E-state index is -0.492. The number of hydrogen-bond donors (Lipinski definition) is 0. The van der Waals surface area contributed by atoms with Gasteiger partial charge in [-0.3, -0.25) is 4.90 Å². The molecule has 128 valence electrons. The molecule has 0 N–H and O–H groups in total. The fourth-order valence-electron chi connectivity index (χ4n) is 2.68. The molecule has 0 bridgehead atoms. The van der Waals surface area contributed by atoms with Gasteiger partial charge in [-0.25, -0.2) is 9.78 Å². The zero-order valence-electron chi connectivity index (χ0n) is 14.0. The largest absolute Gasteiger partial charge is 0.444 e. The van der Waals surface area contributed by atoms with E-state index in [-0.39, 0.29) is 12.1 Å². The molecule has 4 nitrogen and oxygen atoms in total. The van der Waals surface area contributed by atoms with Gasteiger partial charge in [0, 0.05) is 27.9 Å². The lowest BCUT2D eigenvalue weighted by Crippen LogP contribution is -2.39. The molecule has 0 fully saturated rings. The molecular weight excluding hydrogens is 364 g/mol. The van der Waals surface area contributed by atoms with Gasteiger partial charge in [0.15, 0.2) is 0 Å². The Kier molecular flexibility index (Phi) is 4.82. The van der Waals surface area contributed by atoms with E-state index in [1.54, 1.807) is 22.4 Å². The summed E-state index contributed by atoms with van der Waals surface area (Å²) in [5, 5.41) is 1.06. The third kappa shape index (κ3) is 3.41. The highest BCUT2D eigenvalue weighted by Crippen LogP contribution is 2.39. The first-order chi connectivity index (χ1) is 11.3. The molecular formula is C17H19ClN2O2S2. The van der Waals surface area contributed by atoms with Crippen LogP contribution in [0.15, 0.2) is 29.3 Å². The van der Waals surface area contributed by atoms with Crippen LogP contribution in [0, 0.1) is 0 Å². The molecule has 1 unspecified atom stereocenters. The Balaban J connectivity index is 1.85. The number of aromatic nitrogens is 1. The Labute approximate surface area is 154 Å². The van der Waals surface area contributed by atoms with Crippen LogP contribution in [0.2, 0.25) is 0 Å². The van der Waals surface area contributed by atoms with Crippen molar-refractivity contribution < 1.29 is 9.53 Å². The number of carbonyl (C=O) groups excluding carboxylic acids is 1. The Hall–Kier alpha value is -1.24. The third-order valence-corrected chi connectivity index (χ3v) is 5.93. The van der Waals surface area contributed by atoms with Crippen LogP contribution in [0.5, 0.6) is 0 Å². The number of carbonyl (C=O) groups is 1. The average molecular weight is 383 g/mol. The van der Waals surface area contributed by atoms with E-state index in [1.165, 1.54) is 11.0 Å². The molecule has 0 aromatic carbocycles. The second-order valence-corrected chi connectivity index (χ2v) is 8.77. The number of pyridine rings is 1. The predicted molar refractivity (Wildman–Crippen MR) is 102 cm³/mol. The molecule has 1 aliphatic rings. The minimum Gasteiger partial charge on any atom is -0.444 e. The molecule has 0 saturated carbocycles. The maximum Gasteiger partial charge on any atom is 0.411 e. The second kappa shape index (κ2) is 6.58. The van der Waals surface area contributed by atoms with Crippen LogP contribution in [0.25, 0.3) is 15.8 Å². The first-order valence-corrected chi connectivity index (χ1v) is 10.1. The molecule has 7 heteroatoms. The lowest BCUT2D eigenvalue weighted by molar-refractivity contribution is 0.0257. The summed E-state index contributed by atoms with van der Waals surface area (Å²) < 4.78 is 5.50. The van der Waals surface area contributed by atoms with E-state index < -0.39 is 5.60 Å². The third-order valence-electron chi connectivity index (χ3n) is 3.82. The van der Waals surface area contributed by atoms with Crippen molar-refractivity contribution in [3.63, 3.8) is 0 Å². The van der Waals surface area contributed by atoms with Crippen LogP contribution < -0.4 is 0 Å². The van der Waals surface area contributed by atoms with Gasteiger partial charge in [-0.1, -0.05) is 6.08 Å². The molecule has 24 heavy (non-hydrogen) atoms. The zero-order chi connectivity index (χ0) is 17.5. The fraction of sp³-hybridized carbons (Fsp3) is 0.412. The minimum absolute atomic E-state index is 0.0278. The highest BCUT2D eigenvalue weighted by Gasteiger charge is 2.32. The first kappa shape index (κ1) is 17.6. The monoisotopic (exact) mass is 382 g/mol. The van der Waals surface area contributed by atoms with Crippen molar-refractivity contribution in [2.24, 2.45) is 0 Å². The Morgan fingerprint density at radius 3 is 2.92 bits per heavy atom. The lowest BCUT2D eigenvalue weighted by atomic mass is 10.1. The van der Waals surface area contributed by atoms with Gasteiger partial charge in [0.1, 0.15) is 10.4 Å². The maximum absolute atomic E-state index is 12.4. The van der Waals surface area contributed by atoms with Gasteiger partial charge in [0.25, 0.3) is 0 Å². The number of ether oxygens (including phenoxy) is 1. The summed E-state index contributed by atoms with van der Waals surface area (Å²) in [5.74, 6) is 0. The normalized spacial score (nSPS) is 18.1. The number of fused-ring (bicyclic) bond motifs is 1. The van der Waals surface area contributed by atoms with E-state index in [0.29, 0.717) is 6.54 Å². The van der Waals surface area contributed by atoms with Crippen LogP contribution in [0.1, 0.15) is 32.6 Å². The van der Waals surface area contributed by atoms with Crippen molar-refractivity contribution in [3.05, 3.63) is 29.3 Å². The molecule has 2 aromatic heterocycles. The average Bonchev–Trinajstić information content (AvgIpc) is 3.07. The van der Waals surface area contributed by atoms with Crippen molar-refractivity contribution in [3.8, 4) is 0 Å². The van der Waals surface area contributed by atoms with Crippen molar-refractivity contribution in [2.75, 3.05) is 6.54 Å². The molecule has 0 radical (unpaired) electrons. The summed E-state index contributed by atoms with van der Waals surface area (Å²) in [6.45, 7) is 8.22. The van der Waals surface area contributed by atoms with Gasteiger partial charge in [0.2, 0.25) is 0 Å². The van der Waals surface area contributed by atoms with Gasteiger partial charge in [-0.15, -0.1) is 11.3 Å². The summed E-state index contributed by atoms with van der Waals surface area (Å²) in [6, 6.07) is 3.99. The predicted octanol–water partition coefficient (Wildman–Crippen LogP) is 5.56. The van der Waals surface area contributed by atoms with E-state index in [1.807, 2.05) is 33.8 Å². The van der Waals surface area contributed by atoms with Gasteiger partial charge >= 0.3 is 6.09 Å². The topological polar surface area (TPSA) is 42.4 Å². The van der Waals surface area contributed by atoms with Crippen LogP contribution >= 0.6 is 33.0 Å². The summed E-state index contributed by atoms with van der Waals surface area (Å²) in [5.41, 5.74) is 0.641. The zero-order valence-corrected chi connectivity index (χ0v) is 16.4. The molecule has 1 atom stereocenters. The fourth-order valence-corrected chi connectivity index (χ4v) is 4.65. The lowest BCUT2D eigenvalue weighted by Gasteiger charge is -2.28. The first-order valence-electron chi connectivity index (χ1n) is 7.67. The van der Waals surface area contributed by atoms with Crippen LogP contribution in [0.3, 0.4) is 0 Å². The standard InChI is InChI=1S/C17H19ClN2O2S2/c1-10-11(6-8-20(10)16(21)22-17(2,3)4)14-9-12-13(24-18)5-7-19-15(12)23-14/h5-7,9-10H,8H2,1-4H3. The van der Waals surface area contributed by atoms with Gasteiger partial charge in [0.05, 0.1) is 6.04 Å². The van der Waals surface area contributed by atoms with Crippen molar-refractivity contribution >= 4 is 54.9 Å². The maximum atomic E-state index is 12.4. The Morgan fingerprint density at radius 1 is 1.50 bits per heavy atom. The van der Waals surface area contributed by atoms with E-state index in [2.05, 4.69) is 17.1 Å². The molecule has 0 saturated heterocycles. The highest BCUT2D eigenvalue weighted by molar-refractivity contribution is 8.21. The second-order valence-electron chi connectivity index (χ2n) is 6.68. The van der Waals surface area contributed by atoms with E-state index in [4.69, 9.17) is 15.4 Å². The van der Waals surface area contributed by atoms with E-state index >= 15 is 0 Å². The van der Waals surface area contributed by atoms with E-state index in [0.717, 1.165) is 25.6 Å². The molecule has 1 aliphatic heterocycles. The summed E-state index contributed by atoms with van der Waals surface area (Å²) in [4.78, 5) is 21.6. The molecule has 2 aromatic rings. The quantitative estimate of drug-likeness (QED) is 0.681. The summed E-state index contributed by atoms with van der Waals surface area (Å²) in [6.07, 6.45) is 3.58. The van der Waals surface area contributed by atoms with Gasteiger partial charge in [-0.2, -0.15) is 0 Å². The molecule has 0 aliphatic carbocycles. The van der Waals surface area contributed by atoms with E-state index in [9.17, 15) is 4.79 Å². The van der Waals surface area contributed by atoms with Crippen molar-refractivity contribution in [1.82, 2.24) is 9.88 Å². The van der Waals surface area contributed by atoms with Crippen LogP contribution in [-0.2, 0) is 4.74 Å². The number of nitrogens with zero attached hydrogens (tertiary/aromatic N) is 2. The Bertz CT molecular complexity index is 811. The van der Waals surface area contributed by atoms with Gasteiger partial charge < -0.3 is 4.74 Å². The molecule has 3 heterocycles. The Morgan fingerprint density at radius 2 is 2.25 bits per heavy atom. The number of rotatable bonds is 2. The molecule has 0 spiro atoms. The highest BCUT2D eigenvalue weighted by atomic mass is 35.7. The number of halogens is 1. The summed E-state index contributed by atoms with van der Waals surface area (Å²) >= 11 is 1.62. The van der Waals surface area contributed by atoms with Crippen LogP contribution in [-0.4, -0.2) is 34.2 Å².